The average molecular weight is 257 g/mol. The van der Waals surface area contributed by atoms with Gasteiger partial charge in [-0.05, 0) is 19.1 Å². The van der Waals surface area contributed by atoms with Crippen molar-refractivity contribution in [1.29, 1.82) is 0 Å². The number of imidazole rings is 1. The van der Waals surface area contributed by atoms with Gasteiger partial charge in [0.1, 0.15) is 11.3 Å². The van der Waals surface area contributed by atoms with E-state index in [2.05, 4.69) is 9.97 Å². The predicted molar refractivity (Wildman–Crippen MR) is 69.7 cm³/mol. The number of hydrogen-bond acceptors (Lipinski definition) is 3. The molecule has 0 radical (unpaired) electrons. The molecule has 0 saturated carbocycles. The Hall–Kier alpha value is -2.43. The number of para-hydroxylation sites is 1. The van der Waals surface area contributed by atoms with Crippen molar-refractivity contribution in [3.8, 4) is 11.6 Å². The number of rotatable bonds is 3. The van der Waals surface area contributed by atoms with Gasteiger partial charge < -0.3 is 9.30 Å². The first-order valence-corrected chi connectivity index (χ1v) is 6.02. The Bertz CT molecular complexity index is 709. The molecule has 0 fully saturated rings. The fourth-order valence-corrected chi connectivity index (χ4v) is 1.85. The van der Waals surface area contributed by atoms with E-state index in [4.69, 9.17) is 4.74 Å². The van der Waals surface area contributed by atoms with Gasteiger partial charge in [0.05, 0.1) is 6.33 Å². The lowest BCUT2D eigenvalue weighted by molar-refractivity contribution is 0.424. The minimum absolute atomic E-state index is 0.0334. The summed E-state index contributed by atoms with van der Waals surface area (Å²) in [4.78, 5) is 8.31. The Kier molecular flexibility index (Phi) is 2.87. The topological polar surface area (TPSA) is 39.9 Å². The van der Waals surface area contributed by atoms with Gasteiger partial charge in [-0.1, -0.05) is 18.2 Å². The molecule has 4 nitrogen and oxygen atoms in total. The predicted octanol–water partition coefficient (Wildman–Crippen LogP) is 3.38. The number of fused-ring (bicyclic) bond motifs is 1. The summed E-state index contributed by atoms with van der Waals surface area (Å²) in [6.07, 6.45) is 1.64. The van der Waals surface area contributed by atoms with Crippen LogP contribution in [-0.4, -0.2) is 14.5 Å². The number of hydrogen-bond donors (Lipinski definition) is 0. The second kappa shape index (κ2) is 4.68. The van der Waals surface area contributed by atoms with Crippen LogP contribution in [0.5, 0.6) is 11.6 Å². The summed E-state index contributed by atoms with van der Waals surface area (Å²) >= 11 is 0. The van der Waals surface area contributed by atoms with Crippen molar-refractivity contribution in [2.24, 2.45) is 0 Å². The minimum Gasteiger partial charge on any atom is -0.436 e. The largest absolute Gasteiger partial charge is 0.436 e. The Morgan fingerprint density at radius 3 is 2.79 bits per heavy atom. The molecule has 0 aliphatic rings. The molecular formula is C14H12FN3O. The SMILES string of the molecule is CCn1cnc2cc(F)c(Oc3ccccc3)nc21. The molecule has 0 aliphatic carbocycles. The molecule has 0 N–H and O–H groups in total. The number of aryl methyl sites for hydroxylation is 1. The smallest absolute Gasteiger partial charge is 0.258 e. The fourth-order valence-electron chi connectivity index (χ4n) is 1.85. The summed E-state index contributed by atoms with van der Waals surface area (Å²) in [6.45, 7) is 2.70. The van der Waals surface area contributed by atoms with Gasteiger partial charge in [-0.25, -0.2) is 9.37 Å². The van der Waals surface area contributed by atoms with Crippen molar-refractivity contribution in [2.45, 2.75) is 13.5 Å². The molecule has 3 aromatic rings. The van der Waals surface area contributed by atoms with Crippen LogP contribution < -0.4 is 4.74 Å². The van der Waals surface area contributed by atoms with Crippen molar-refractivity contribution in [1.82, 2.24) is 14.5 Å². The van der Waals surface area contributed by atoms with Gasteiger partial charge in [-0.3, -0.25) is 0 Å². The molecule has 3 rings (SSSR count). The number of aromatic nitrogens is 3. The number of ether oxygens (including phenoxy) is 1. The van der Waals surface area contributed by atoms with E-state index < -0.39 is 5.82 Å². The van der Waals surface area contributed by atoms with Crippen LogP contribution in [0.3, 0.4) is 0 Å². The zero-order valence-electron chi connectivity index (χ0n) is 10.4. The highest BCUT2D eigenvalue weighted by molar-refractivity contribution is 5.71. The van der Waals surface area contributed by atoms with Crippen LogP contribution in [0, 0.1) is 5.82 Å². The molecule has 1 aromatic carbocycles. The minimum atomic E-state index is -0.516. The van der Waals surface area contributed by atoms with Crippen LogP contribution in [0.1, 0.15) is 6.92 Å². The molecule has 0 bridgehead atoms. The van der Waals surface area contributed by atoms with Crippen LogP contribution in [0.25, 0.3) is 11.2 Å². The van der Waals surface area contributed by atoms with E-state index in [0.717, 1.165) is 6.54 Å². The average Bonchev–Trinajstić information content (AvgIpc) is 2.82. The molecule has 0 atom stereocenters. The maximum absolute atomic E-state index is 13.9. The third-order valence-electron chi connectivity index (χ3n) is 2.81. The lowest BCUT2D eigenvalue weighted by Crippen LogP contribution is -1.97. The molecular weight excluding hydrogens is 245 g/mol. The summed E-state index contributed by atoms with van der Waals surface area (Å²) in [5.74, 6) is 0.00224. The van der Waals surface area contributed by atoms with Gasteiger partial charge in [0.25, 0.3) is 5.88 Å². The van der Waals surface area contributed by atoms with E-state index in [9.17, 15) is 4.39 Å². The Morgan fingerprint density at radius 2 is 2.05 bits per heavy atom. The molecule has 0 amide bonds. The molecule has 5 heteroatoms. The van der Waals surface area contributed by atoms with Crippen molar-refractivity contribution in [2.75, 3.05) is 0 Å². The van der Waals surface area contributed by atoms with Crippen LogP contribution >= 0.6 is 0 Å². The second-order valence-corrected chi connectivity index (χ2v) is 4.06. The normalized spacial score (nSPS) is 10.8. The van der Waals surface area contributed by atoms with Crippen molar-refractivity contribution < 1.29 is 9.13 Å². The van der Waals surface area contributed by atoms with Crippen LogP contribution in [0.4, 0.5) is 4.39 Å². The second-order valence-electron chi connectivity index (χ2n) is 4.06. The molecule has 0 aliphatic heterocycles. The fraction of sp³-hybridized carbons (Fsp3) is 0.143. The first-order valence-electron chi connectivity index (χ1n) is 6.02. The lowest BCUT2D eigenvalue weighted by Gasteiger charge is -2.06. The van der Waals surface area contributed by atoms with Gasteiger partial charge in [-0.2, -0.15) is 4.98 Å². The van der Waals surface area contributed by atoms with Gasteiger partial charge in [-0.15, -0.1) is 0 Å². The molecule has 0 spiro atoms. The van der Waals surface area contributed by atoms with Crippen LogP contribution in [0.2, 0.25) is 0 Å². The third-order valence-corrected chi connectivity index (χ3v) is 2.81. The number of pyridine rings is 1. The molecule has 0 saturated heterocycles. The summed E-state index contributed by atoms with van der Waals surface area (Å²) in [5.41, 5.74) is 1.15. The Labute approximate surface area is 109 Å². The van der Waals surface area contributed by atoms with E-state index in [1.54, 1.807) is 18.5 Å². The van der Waals surface area contributed by atoms with Crippen LogP contribution in [0.15, 0.2) is 42.7 Å². The van der Waals surface area contributed by atoms with Crippen LogP contribution in [-0.2, 0) is 6.54 Å². The van der Waals surface area contributed by atoms with Crippen molar-refractivity contribution >= 4 is 11.2 Å². The maximum atomic E-state index is 13.9. The van der Waals surface area contributed by atoms with E-state index in [1.165, 1.54) is 6.07 Å². The summed E-state index contributed by atoms with van der Waals surface area (Å²) in [7, 11) is 0. The van der Waals surface area contributed by atoms with E-state index >= 15 is 0 Å². The van der Waals surface area contributed by atoms with Gasteiger partial charge in [0.15, 0.2) is 11.5 Å². The standard InChI is InChI=1S/C14H12FN3O/c1-2-18-9-16-12-8-11(15)14(17-13(12)18)19-10-6-4-3-5-7-10/h3-9H,2H2,1H3. The monoisotopic (exact) mass is 257 g/mol. The number of nitrogens with zero attached hydrogens (tertiary/aromatic N) is 3. The van der Waals surface area contributed by atoms with Gasteiger partial charge in [0, 0.05) is 12.6 Å². The zero-order valence-corrected chi connectivity index (χ0v) is 10.4. The molecule has 2 heterocycles. The first kappa shape index (κ1) is 11.6. The Morgan fingerprint density at radius 1 is 1.26 bits per heavy atom. The van der Waals surface area contributed by atoms with E-state index in [1.807, 2.05) is 29.7 Å². The molecule has 2 aromatic heterocycles. The quantitative estimate of drug-likeness (QED) is 0.722. The number of benzene rings is 1. The maximum Gasteiger partial charge on any atom is 0.258 e. The van der Waals surface area contributed by atoms with E-state index in [0.29, 0.717) is 16.9 Å². The lowest BCUT2D eigenvalue weighted by atomic mass is 10.3. The van der Waals surface area contributed by atoms with E-state index in [-0.39, 0.29) is 5.88 Å². The van der Waals surface area contributed by atoms with Gasteiger partial charge in [0.2, 0.25) is 0 Å². The van der Waals surface area contributed by atoms with Crippen molar-refractivity contribution in [3.63, 3.8) is 0 Å². The summed E-state index contributed by atoms with van der Waals surface area (Å²) in [6, 6.07) is 10.4. The highest BCUT2D eigenvalue weighted by atomic mass is 19.1. The third kappa shape index (κ3) is 2.14. The highest BCUT2D eigenvalue weighted by Gasteiger charge is 2.12. The Balaban J connectivity index is 2.05. The molecule has 19 heavy (non-hydrogen) atoms. The highest BCUT2D eigenvalue weighted by Crippen LogP contribution is 2.25. The number of halogens is 1. The summed E-state index contributed by atoms with van der Waals surface area (Å²) in [5, 5.41) is 0. The zero-order chi connectivity index (χ0) is 13.2. The summed E-state index contributed by atoms with van der Waals surface area (Å²) < 4.78 is 21.2. The van der Waals surface area contributed by atoms with Gasteiger partial charge >= 0.3 is 0 Å². The molecule has 96 valence electrons. The first-order chi connectivity index (χ1) is 9.28. The molecule has 0 unspecified atom stereocenters. The van der Waals surface area contributed by atoms with Crippen molar-refractivity contribution in [3.05, 3.63) is 48.5 Å².